The first kappa shape index (κ1) is 18.2. The molecule has 7 heteroatoms. The topological polar surface area (TPSA) is 90.9 Å². The maximum absolute atomic E-state index is 12.5. The minimum atomic E-state index is -0.369. The highest BCUT2D eigenvalue weighted by molar-refractivity contribution is 8.00. The van der Waals surface area contributed by atoms with Gasteiger partial charge in [-0.05, 0) is 18.9 Å². The number of carbonyl (C=O) groups excluding carboxylic acids is 2. The lowest BCUT2D eigenvalue weighted by molar-refractivity contribution is -0.118. The number of amides is 1. The summed E-state index contributed by atoms with van der Waals surface area (Å²) in [5.74, 6) is 0.374. The standard InChI is InChI=1S/C17H22N4O2S/c1-4-12-5-7-13(8-6-12)16(23)11(2)24-17-20-19-15(21(17)3)10-9-14(18)22/h5-8,11H,4,9-10H2,1-3H3,(H2,18,22)/t11-/m0/s1. The Balaban J connectivity index is 2.04. The van der Waals surface area contributed by atoms with Gasteiger partial charge in [-0.25, -0.2) is 0 Å². The predicted molar refractivity (Wildman–Crippen MR) is 94.0 cm³/mol. The monoisotopic (exact) mass is 346 g/mol. The second-order valence-electron chi connectivity index (χ2n) is 5.60. The van der Waals surface area contributed by atoms with Gasteiger partial charge in [-0.2, -0.15) is 0 Å². The number of nitrogens with zero attached hydrogens (tertiary/aromatic N) is 3. The summed E-state index contributed by atoms with van der Waals surface area (Å²) in [5.41, 5.74) is 7.06. The number of Topliss-reactive ketones (excluding diaryl/α,β-unsaturated/α-hetero) is 1. The average molecular weight is 346 g/mol. The Kier molecular flexibility index (Phi) is 6.14. The number of aromatic nitrogens is 3. The van der Waals surface area contributed by atoms with Crippen LogP contribution in [-0.4, -0.2) is 31.7 Å². The number of primary amides is 1. The van der Waals surface area contributed by atoms with Crippen molar-refractivity contribution in [1.29, 1.82) is 0 Å². The molecule has 0 radical (unpaired) electrons. The van der Waals surface area contributed by atoms with Crippen LogP contribution >= 0.6 is 11.8 Å². The van der Waals surface area contributed by atoms with Crippen molar-refractivity contribution >= 4 is 23.5 Å². The normalized spacial score (nSPS) is 12.1. The Bertz CT molecular complexity index is 725. The van der Waals surface area contributed by atoms with Crippen molar-refractivity contribution in [2.75, 3.05) is 0 Å². The highest BCUT2D eigenvalue weighted by Crippen LogP contribution is 2.24. The molecule has 0 aliphatic heterocycles. The molecule has 0 aliphatic rings. The van der Waals surface area contributed by atoms with E-state index in [0.29, 0.717) is 23.0 Å². The lowest BCUT2D eigenvalue weighted by Gasteiger charge is -2.10. The lowest BCUT2D eigenvalue weighted by atomic mass is 10.1. The van der Waals surface area contributed by atoms with Crippen LogP contribution in [0, 0.1) is 0 Å². The number of aryl methyl sites for hydroxylation is 2. The molecule has 0 saturated carbocycles. The summed E-state index contributed by atoms with van der Waals surface area (Å²) in [6.45, 7) is 3.94. The summed E-state index contributed by atoms with van der Waals surface area (Å²) < 4.78 is 1.80. The highest BCUT2D eigenvalue weighted by Gasteiger charge is 2.20. The van der Waals surface area contributed by atoms with E-state index in [1.807, 2.05) is 38.2 Å². The Morgan fingerprint density at radius 1 is 1.25 bits per heavy atom. The van der Waals surface area contributed by atoms with Crippen LogP contribution < -0.4 is 5.73 Å². The number of thioether (sulfide) groups is 1. The van der Waals surface area contributed by atoms with Crippen molar-refractivity contribution < 1.29 is 9.59 Å². The maximum atomic E-state index is 12.5. The second-order valence-corrected chi connectivity index (χ2v) is 6.91. The molecule has 1 amide bonds. The van der Waals surface area contributed by atoms with Crippen molar-refractivity contribution in [3.05, 3.63) is 41.2 Å². The zero-order valence-electron chi connectivity index (χ0n) is 14.2. The first-order chi connectivity index (χ1) is 11.4. The van der Waals surface area contributed by atoms with Crippen LogP contribution in [0.5, 0.6) is 0 Å². The predicted octanol–water partition coefficient (Wildman–Crippen LogP) is 2.16. The van der Waals surface area contributed by atoms with E-state index in [1.54, 1.807) is 4.57 Å². The number of rotatable bonds is 8. The quantitative estimate of drug-likeness (QED) is 0.584. The molecule has 0 aliphatic carbocycles. The first-order valence-corrected chi connectivity index (χ1v) is 8.76. The van der Waals surface area contributed by atoms with Crippen LogP contribution in [-0.2, 0) is 24.7 Å². The molecule has 1 heterocycles. The molecule has 2 rings (SSSR count). The molecule has 1 atom stereocenters. The zero-order chi connectivity index (χ0) is 17.7. The van der Waals surface area contributed by atoms with Gasteiger partial charge in [0.1, 0.15) is 5.82 Å². The zero-order valence-corrected chi connectivity index (χ0v) is 15.0. The van der Waals surface area contributed by atoms with Crippen LogP contribution in [0.4, 0.5) is 0 Å². The SMILES string of the molecule is CCc1ccc(C(=O)[C@H](C)Sc2nnc(CCC(N)=O)n2C)cc1. The highest BCUT2D eigenvalue weighted by atomic mass is 32.2. The molecule has 1 aromatic heterocycles. The van der Waals surface area contributed by atoms with E-state index in [4.69, 9.17) is 5.73 Å². The third kappa shape index (κ3) is 4.44. The van der Waals surface area contributed by atoms with Crippen LogP contribution in [0.15, 0.2) is 29.4 Å². The summed E-state index contributed by atoms with van der Waals surface area (Å²) in [5, 5.41) is 8.56. The van der Waals surface area contributed by atoms with Gasteiger partial charge in [0.05, 0.1) is 5.25 Å². The van der Waals surface area contributed by atoms with Crippen molar-refractivity contribution in [2.45, 2.75) is 43.5 Å². The van der Waals surface area contributed by atoms with Gasteiger partial charge in [-0.1, -0.05) is 43.0 Å². The molecule has 0 bridgehead atoms. The molecule has 128 valence electrons. The fraction of sp³-hybridized carbons (Fsp3) is 0.412. The van der Waals surface area contributed by atoms with Crippen molar-refractivity contribution in [1.82, 2.24) is 14.8 Å². The van der Waals surface area contributed by atoms with Gasteiger partial charge < -0.3 is 10.3 Å². The van der Waals surface area contributed by atoms with E-state index in [2.05, 4.69) is 17.1 Å². The molecule has 1 aromatic carbocycles. The number of benzene rings is 1. The van der Waals surface area contributed by atoms with E-state index >= 15 is 0 Å². The van der Waals surface area contributed by atoms with E-state index in [-0.39, 0.29) is 23.4 Å². The molecular weight excluding hydrogens is 324 g/mol. The van der Waals surface area contributed by atoms with Crippen LogP contribution in [0.1, 0.15) is 42.0 Å². The van der Waals surface area contributed by atoms with Gasteiger partial charge in [0, 0.05) is 25.5 Å². The largest absolute Gasteiger partial charge is 0.370 e. The molecule has 0 fully saturated rings. The van der Waals surface area contributed by atoms with Crippen LogP contribution in [0.3, 0.4) is 0 Å². The van der Waals surface area contributed by atoms with Crippen LogP contribution in [0.25, 0.3) is 0 Å². The number of hydrogen-bond acceptors (Lipinski definition) is 5. The molecular formula is C17H22N4O2S. The minimum Gasteiger partial charge on any atom is -0.370 e. The van der Waals surface area contributed by atoms with Gasteiger partial charge in [-0.15, -0.1) is 10.2 Å². The van der Waals surface area contributed by atoms with E-state index in [0.717, 1.165) is 6.42 Å². The fourth-order valence-electron chi connectivity index (χ4n) is 2.25. The number of carbonyl (C=O) groups is 2. The Morgan fingerprint density at radius 2 is 1.92 bits per heavy atom. The lowest BCUT2D eigenvalue weighted by Crippen LogP contribution is -2.15. The molecule has 2 N–H and O–H groups in total. The van der Waals surface area contributed by atoms with Crippen molar-refractivity contribution in [3.8, 4) is 0 Å². The fourth-order valence-corrected chi connectivity index (χ4v) is 3.16. The number of nitrogens with two attached hydrogens (primary N) is 1. The summed E-state index contributed by atoms with van der Waals surface area (Å²) in [7, 11) is 1.83. The summed E-state index contributed by atoms with van der Waals surface area (Å²) in [4.78, 5) is 23.4. The van der Waals surface area contributed by atoms with E-state index in [9.17, 15) is 9.59 Å². The van der Waals surface area contributed by atoms with Gasteiger partial charge in [0.15, 0.2) is 10.9 Å². The Morgan fingerprint density at radius 3 is 2.50 bits per heavy atom. The molecule has 2 aromatic rings. The third-order valence-corrected chi connectivity index (χ3v) is 4.95. The van der Waals surface area contributed by atoms with Gasteiger partial charge in [-0.3, -0.25) is 9.59 Å². The van der Waals surface area contributed by atoms with Gasteiger partial charge >= 0.3 is 0 Å². The second kappa shape index (κ2) is 8.10. The molecule has 0 saturated heterocycles. The third-order valence-electron chi connectivity index (χ3n) is 3.82. The first-order valence-electron chi connectivity index (χ1n) is 7.88. The summed E-state index contributed by atoms with van der Waals surface area (Å²) in [6, 6.07) is 7.70. The molecule has 24 heavy (non-hydrogen) atoms. The minimum absolute atomic E-state index is 0.0596. The van der Waals surface area contributed by atoms with Crippen LogP contribution in [0.2, 0.25) is 0 Å². The van der Waals surface area contributed by atoms with E-state index in [1.165, 1.54) is 17.3 Å². The average Bonchev–Trinajstić information content (AvgIpc) is 2.92. The van der Waals surface area contributed by atoms with Gasteiger partial charge in [0.2, 0.25) is 5.91 Å². The maximum Gasteiger partial charge on any atom is 0.217 e. The van der Waals surface area contributed by atoms with E-state index < -0.39 is 0 Å². The number of hydrogen-bond donors (Lipinski definition) is 1. The van der Waals surface area contributed by atoms with Gasteiger partial charge in [0.25, 0.3) is 0 Å². The smallest absolute Gasteiger partial charge is 0.217 e. The summed E-state index contributed by atoms with van der Waals surface area (Å²) >= 11 is 1.36. The Labute approximate surface area is 145 Å². The molecule has 6 nitrogen and oxygen atoms in total. The number of ketones is 1. The van der Waals surface area contributed by atoms with Crippen molar-refractivity contribution in [2.24, 2.45) is 12.8 Å². The Hall–Kier alpha value is -2.15. The van der Waals surface area contributed by atoms with Crippen molar-refractivity contribution in [3.63, 3.8) is 0 Å². The summed E-state index contributed by atoms with van der Waals surface area (Å²) in [6.07, 6.45) is 1.63. The molecule has 0 unspecified atom stereocenters. The molecule has 0 spiro atoms.